The Balaban J connectivity index is 1.35. The highest BCUT2D eigenvalue weighted by Gasteiger charge is 2.44. The number of carbonyl (C=O) groups excluding carboxylic acids is 2. The number of carboxylic acid groups (broad SMARTS) is 1. The molecule has 8 heteroatoms. The molecule has 3 atom stereocenters. The van der Waals surface area contributed by atoms with Crippen LogP contribution in [0.1, 0.15) is 27.9 Å². The number of carbonyl (C=O) groups is 3. The van der Waals surface area contributed by atoms with Crippen molar-refractivity contribution in [3.8, 4) is 0 Å². The quantitative estimate of drug-likeness (QED) is 0.537. The number of aliphatic carboxylic acids is 1. The standard InChI is InChI=1S/C28H25N3O5/c32-26(19-11-5-2-6-12-19)29-21(15-18-9-3-1-4-10-18)22-17-25(36-30-22)27(33)31-23-14-8-7-13-20(23)16-24(31)28(34)35/h1-14,21,24-25H,15-17H2,(H,29,32)(H,34,35)/t21-,24-,25+/m0/s1. The minimum absolute atomic E-state index is 0.149. The average Bonchev–Trinajstić information content (AvgIpc) is 3.55. The molecule has 0 unspecified atom stereocenters. The van der Waals surface area contributed by atoms with E-state index in [2.05, 4.69) is 10.5 Å². The van der Waals surface area contributed by atoms with Crippen LogP contribution >= 0.6 is 0 Å². The largest absolute Gasteiger partial charge is 0.480 e. The Labute approximate surface area is 208 Å². The van der Waals surface area contributed by atoms with Gasteiger partial charge in [0.25, 0.3) is 11.8 Å². The van der Waals surface area contributed by atoms with E-state index in [9.17, 15) is 19.5 Å². The predicted molar refractivity (Wildman–Crippen MR) is 134 cm³/mol. The van der Waals surface area contributed by atoms with Crippen LogP contribution in [0.15, 0.2) is 90.1 Å². The lowest BCUT2D eigenvalue weighted by molar-refractivity contribution is -0.141. The first kappa shape index (κ1) is 23.3. The van der Waals surface area contributed by atoms with Crippen LogP contribution in [0.2, 0.25) is 0 Å². The number of hydrogen-bond donors (Lipinski definition) is 2. The molecular formula is C28H25N3O5. The molecule has 2 heterocycles. The highest BCUT2D eigenvalue weighted by atomic mass is 16.6. The van der Waals surface area contributed by atoms with Crippen LogP contribution in [0.3, 0.4) is 0 Å². The molecule has 0 aliphatic carbocycles. The number of anilines is 1. The van der Waals surface area contributed by atoms with E-state index in [1.54, 1.807) is 36.4 Å². The normalized spacial score (nSPS) is 19.1. The van der Waals surface area contributed by atoms with Crippen molar-refractivity contribution in [2.45, 2.75) is 37.5 Å². The van der Waals surface area contributed by atoms with Crippen molar-refractivity contribution in [3.05, 3.63) is 102 Å². The molecule has 0 bridgehead atoms. The molecule has 36 heavy (non-hydrogen) atoms. The lowest BCUT2D eigenvalue weighted by Crippen LogP contribution is -2.48. The summed E-state index contributed by atoms with van der Waals surface area (Å²) in [5.41, 5.74) is 3.41. The number of hydrogen-bond acceptors (Lipinski definition) is 5. The molecule has 0 fully saturated rings. The van der Waals surface area contributed by atoms with Gasteiger partial charge in [-0.25, -0.2) is 4.79 Å². The number of oxime groups is 1. The Morgan fingerprint density at radius 3 is 2.33 bits per heavy atom. The van der Waals surface area contributed by atoms with E-state index in [-0.39, 0.29) is 18.7 Å². The Kier molecular flexibility index (Phi) is 6.49. The SMILES string of the molecule is O=C(N[C@@H](Cc1ccccc1)C1=NO[C@@H](C(=O)N2c3ccccc3C[C@H]2C(=O)O)C1)c1ccccc1. The highest BCUT2D eigenvalue weighted by molar-refractivity contribution is 6.07. The first-order chi connectivity index (χ1) is 17.5. The van der Waals surface area contributed by atoms with Crippen LogP contribution in [0, 0.1) is 0 Å². The third-order valence-electron chi connectivity index (χ3n) is 6.49. The Hall–Kier alpha value is -4.46. The zero-order valence-electron chi connectivity index (χ0n) is 19.4. The number of carboxylic acids is 1. The monoisotopic (exact) mass is 483 g/mol. The number of nitrogens with zero attached hydrogens (tertiary/aromatic N) is 2. The van der Waals surface area contributed by atoms with Crippen molar-refractivity contribution in [1.29, 1.82) is 0 Å². The molecule has 3 aromatic carbocycles. The summed E-state index contributed by atoms with van der Waals surface area (Å²) in [5.74, 6) is -1.79. The van der Waals surface area contributed by atoms with Gasteiger partial charge in [0.2, 0.25) is 6.10 Å². The fourth-order valence-electron chi connectivity index (χ4n) is 4.68. The molecule has 2 aliphatic rings. The number of amides is 2. The van der Waals surface area contributed by atoms with Crippen LogP contribution < -0.4 is 10.2 Å². The first-order valence-corrected chi connectivity index (χ1v) is 11.8. The molecule has 3 aromatic rings. The highest BCUT2D eigenvalue weighted by Crippen LogP contribution is 2.34. The van der Waals surface area contributed by atoms with E-state index in [1.165, 1.54) is 4.90 Å². The second-order valence-electron chi connectivity index (χ2n) is 8.86. The maximum Gasteiger partial charge on any atom is 0.327 e. The van der Waals surface area contributed by atoms with Crippen LogP contribution in [-0.4, -0.2) is 46.8 Å². The zero-order valence-corrected chi connectivity index (χ0v) is 19.4. The van der Waals surface area contributed by atoms with E-state index >= 15 is 0 Å². The Morgan fingerprint density at radius 1 is 0.944 bits per heavy atom. The Morgan fingerprint density at radius 2 is 1.61 bits per heavy atom. The molecule has 8 nitrogen and oxygen atoms in total. The molecule has 2 N–H and O–H groups in total. The molecule has 0 saturated carbocycles. The van der Waals surface area contributed by atoms with Gasteiger partial charge >= 0.3 is 5.97 Å². The fraction of sp³-hybridized carbons (Fsp3) is 0.214. The summed E-state index contributed by atoms with van der Waals surface area (Å²) < 4.78 is 0. The minimum atomic E-state index is -1.07. The summed E-state index contributed by atoms with van der Waals surface area (Å²) in [4.78, 5) is 45.2. The number of rotatable bonds is 7. The van der Waals surface area contributed by atoms with E-state index in [1.807, 2.05) is 48.5 Å². The zero-order chi connectivity index (χ0) is 25.1. The smallest absolute Gasteiger partial charge is 0.327 e. The van der Waals surface area contributed by atoms with Crippen molar-refractivity contribution in [2.24, 2.45) is 5.16 Å². The van der Waals surface area contributed by atoms with Gasteiger partial charge in [-0.3, -0.25) is 14.5 Å². The average molecular weight is 484 g/mol. The van der Waals surface area contributed by atoms with Gasteiger partial charge in [0.15, 0.2) is 0 Å². The maximum atomic E-state index is 13.5. The van der Waals surface area contributed by atoms with E-state index in [0.717, 1.165) is 11.1 Å². The van der Waals surface area contributed by atoms with Gasteiger partial charge in [-0.05, 0) is 35.7 Å². The number of fused-ring (bicyclic) bond motifs is 1. The van der Waals surface area contributed by atoms with Gasteiger partial charge in [0.1, 0.15) is 6.04 Å². The van der Waals surface area contributed by atoms with Gasteiger partial charge in [-0.2, -0.15) is 0 Å². The number of nitrogens with one attached hydrogen (secondary N) is 1. The third kappa shape index (κ3) is 4.70. The van der Waals surface area contributed by atoms with Crippen LogP contribution in [-0.2, 0) is 27.3 Å². The molecule has 2 aliphatic heterocycles. The van der Waals surface area contributed by atoms with Gasteiger partial charge in [-0.15, -0.1) is 0 Å². The molecule has 0 spiro atoms. The maximum absolute atomic E-state index is 13.5. The van der Waals surface area contributed by atoms with Crippen molar-refractivity contribution >= 4 is 29.2 Å². The summed E-state index contributed by atoms with van der Waals surface area (Å²) in [6, 6.07) is 24.2. The minimum Gasteiger partial charge on any atom is -0.480 e. The van der Waals surface area contributed by atoms with Crippen molar-refractivity contribution in [1.82, 2.24) is 5.32 Å². The summed E-state index contributed by atoms with van der Waals surface area (Å²) in [7, 11) is 0. The topological polar surface area (TPSA) is 108 Å². The van der Waals surface area contributed by atoms with E-state index in [4.69, 9.17) is 4.84 Å². The Bertz CT molecular complexity index is 1310. The molecule has 0 radical (unpaired) electrons. The van der Waals surface area contributed by atoms with Crippen molar-refractivity contribution < 1.29 is 24.3 Å². The van der Waals surface area contributed by atoms with Gasteiger partial charge in [0, 0.05) is 24.1 Å². The predicted octanol–water partition coefficient (Wildman–Crippen LogP) is 3.22. The molecule has 2 amide bonds. The van der Waals surface area contributed by atoms with Crippen molar-refractivity contribution in [3.63, 3.8) is 0 Å². The summed E-state index contributed by atoms with van der Waals surface area (Å²) >= 11 is 0. The first-order valence-electron chi connectivity index (χ1n) is 11.8. The summed E-state index contributed by atoms with van der Waals surface area (Å²) in [6.07, 6.45) is -0.120. The summed E-state index contributed by atoms with van der Waals surface area (Å²) in [6.45, 7) is 0. The molecule has 0 saturated heterocycles. The van der Waals surface area contributed by atoms with Gasteiger partial charge in [0.05, 0.1) is 11.8 Å². The second kappa shape index (κ2) is 10.0. The summed E-state index contributed by atoms with van der Waals surface area (Å²) in [5, 5.41) is 17.0. The molecule has 5 rings (SSSR count). The van der Waals surface area contributed by atoms with Crippen LogP contribution in [0.4, 0.5) is 5.69 Å². The molecule has 182 valence electrons. The van der Waals surface area contributed by atoms with Gasteiger partial charge < -0.3 is 15.3 Å². The lowest BCUT2D eigenvalue weighted by Gasteiger charge is -2.25. The van der Waals surface area contributed by atoms with E-state index in [0.29, 0.717) is 23.4 Å². The third-order valence-corrected chi connectivity index (χ3v) is 6.49. The fourth-order valence-corrected chi connectivity index (χ4v) is 4.68. The van der Waals surface area contributed by atoms with Crippen LogP contribution in [0.25, 0.3) is 0 Å². The van der Waals surface area contributed by atoms with Crippen LogP contribution in [0.5, 0.6) is 0 Å². The number of benzene rings is 3. The second-order valence-corrected chi connectivity index (χ2v) is 8.86. The van der Waals surface area contributed by atoms with Gasteiger partial charge in [-0.1, -0.05) is 71.9 Å². The molecule has 0 aromatic heterocycles. The van der Waals surface area contributed by atoms with Crippen molar-refractivity contribution in [2.75, 3.05) is 4.90 Å². The number of para-hydroxylation sites is 1. The molecular weight excluding hydrogens is 458 g/mol. The lowest BCUT2D eigenvalue weighted by atomic mass is 9.97. The van der Waals surface area contributed by atoms with E-state index < -0.39 is 30.1 Å².